The molecule has 0 unspecified atom stereocenters. The van der Waals surface area contributed by atoms with Gasteiger partial charge in [0, 0.05) is 18.6 Å². The van der Waals surface area contributed by atoms with Crippen LogP contribution in [-0.2, 0) is 6.42 Å². The highest BCUT2D eigenvalue weighted by atomic mass is 19.4. The van der Waals surface area contributed by atoms with Gasteiger partial charge in [-0.1, -0.05) is 0 Å². The summed E-state index contributed by atoms with van der Waals surface area (Å²) in [6.45, 7) is 1.77. The van der Waals surface area contributed by atoms with E-state index in [-0.39, 0.29) is 25.7 Å². The van der Waals surface area contributed by atoms with Crippen LogP contribution in [0.3, 0.4) is 0 Å². The zero-order valence-electron chi connectivity index (χ0n) is 17.4. The molecule has 0 amide bonds. The van der Waals surface area contributed by atoms with Crippen LogP contribution in [0.15, 0.2) is 30.6 Å². The monoisotopic (exact) mass is 445 g/mol. The molecule has 1 saturated carbocycles. The van der Waals surface area contributed by atoms with E-state index in [1.54, 1.807) is 29.3 Å². The van der Waals surface area contributed by atoms with Gasteiger partial charge in [-0.25, -0.2) is 9.37 Å². The van der Waals surface area contributed by atoms with E-state index in [0.29, 0.717) is 39.8 Å². The molecule has 32 heavy (non-hydrogen) atoms. The Morgan fingerprint density at radius 3 is 2.62 bits per heavy atom. The maximum atomic E-state index is 14.1. The molecule has 3 heterocycles. The lowest BCUT2D eigenvalue weighted by atomic mass is 9.98. The van der Waals surface area contributed by atoms with Gasteiger partial charge >= 0.3 is 6.18 Å². The Morgan fingerprint density at radius 1 is 1.12 bits per heavy atom. The predicted molar refractivity (Wildman–Crippen MR) is 109 cm³/mol. The molecular weight excluding hydrogens is 426 g/mol. The van der Waals surface area contributed by atoms with Crippen molar-refractivity contribution >= 4 is 28.3 Å². The summed E-state index contributed by atoms with van der Waals surface area (Å²) in [5.41, 5.74) is -0.465. The van der Waals surface area contributed by atoms with E-state index in [1.807, 2.05) is 0 Å². The molecule has 1 aliphatic rings. The number of halogens is 4. The maximum Gasteiger partial charge on any atom is 0.394 e. The van der Waals surface area contributed by atoms with Crippen LogP contribution in [-0.4, -0.2) is 42.8 Å². The van der Waals surface area contributed by atoms with Crippen LogP contribution in [0.1, 0.15) is 30.8 Å². The summed E-state index contributed by atoms with van der Waals surface area (Å²) in [4.78, 5) is 14.8. The first kappa shape index (κ1) is 20.5. The van der Waals surface area contributed by atoms with Crippen molar-refractivity contribution in [1.82, 2.24) is 29.5 Å². The number of aryl methyl sites for hydroxylation is 2. The average molecular weight is 445 g/mol. The van der Waals surface area contributed by atoms with E-state index >= 15 is 0 Å². The van der Waals surface area contributed by atoms with E-state index in [9.17, 15) is 17.6 Å². The van der Waals surface area contributed by atoms with Crippen molar-refractivity contribution in [3.8, 4) is 0 Å². The number of benzene rings is 1. The minimum atomic E-state index is -4.20. The molecule has 1 aliphatic carbocycles. The molecular formula is C21H19F4N7. The normalized spacial score (nSPS) is 15.4. The quantitative estimate of drug-likeness (QED) is 0.420. The molecule has 3 aromatic heterocycles. The van der Waals surface area contributed by atoms with Gasteiger partial charge in [0.2, 0.25) is 0 Å². The predicted octanol–water partition coefficient (Wildman–Crippen LogP) is 4.56. The third-order valence-electron chi connectivity index (χ3n) is 6.10. The van der Waals surface area contributed by atoms with Crippen LogP contribution >= 0.6 is 0 Å². The number of nitrogens with zero attached hydrogens (tertiary/aromatic N) is 7. The topological polar surface area (TPSA) is 72.1 Å². The number of rotatable bonds is 5. The lowest BCUT2D eigenvalue weighted by molar-refractivity contribution is -0.188. The van der Waals surface area contributed by atoms with Crippen LogP contribution in [0, 0.1) is 18.2 Å². The largest absolute Gasteiger partial charge is 0.394 e. The van der Waals surface area contributed by atoms with Crippen molar-refractivity contribution in [1.29, 1.82) is 0 Å². The molecule has 1 fully saturated rings. The van der Waals surface area contributed by atoms with Gasteiger partial charge in [0.25, 0.3) is 5.78 Å². The summed E-state index contributed by atoms with van der Waals surface area (Å²) < 4.78 is 55.5. The second kappa shape index (κ2) is 7.07. The summed E-state index contributed by atoms with van der Waals surface area (Å²) in [5.74, 6) is 1.30. The van der Waals surface area contributed by atoms with Crippen molar-refractivity contribution in [2.24, 2.45) is 5.41 Å². The highest BCUT2D eigenvalue weighted by Gasteiger charge is 2.62. The lowest BCUT2D eigenvalue weighted by Crippen LogP contribution is -2.25. The molecule has 0 radical (unpaired) electrons. The summed E-state index contributed by atoms with van der Waals surface area (Å²) in [6, 6.07) is 4.34. The van der Waals surface area contributed by atoms with Crippen molar-refractivity contribution in [3.63, 3.8) is 0 Å². The van der Waals surface area contributed by atoms with Gasteiger partial charge in [0.05, 0.1) is 22.8 Å². The third kappa shape index (κ3) is 3.32. The third-order valence-corrected chi connectivity index (χ3v) is 6.10. The maximum absolute atomic E-state index is 14.1. The molecule has 0 aliphatic heterocycles. The van der Waals surface area contributed by atoms with Crippen molar-refractivity contribution in [2.75, 3.05) is 11.9 Å². The van der Waals surface area contributed by atoms with Crippen LogP contribution < -0.4 is 4.90 Å². The van der Waals surface area contributed by atoms with Crippen LogP contribution in [0.4, 0.5) is 29.2 Å². The Hall–Kier alpha value is -3.37. The standard InChI is InChI=1S/C21H19F4N7/c1-12-29-30-19-28-18(15-9-13(22)3-4-16(15)32(12)19)31(2)17-11-26-10-14(27-17)5-6-20(7-8-20)21(23,24)25/h3-4,9-11H,5-8H2,1-2H3. The summed E-state index contributed by atoms with van der Waals surface area (Å²) >= 11 is 0. The van der Waals surface area contributed by atoms with Crippen molar-refractivity contribution < 1.29 is 17.6 Å². The number of hydrogen-bond acceptors (Lipinski definition) is 6. The molecule has 0 N–H and O–H groups in total. The molecule has 0 bridgehead atoms. The zero-order chi connectivity index (χ0) is 22.7. The van der Waals surface area contributed by atoms with Crippen LogP contribution in [0.5, 0.6) is 0 Å². The van der Waals surface area contributed by atoms with Gasteiger partial charge in [-0.05, 0) is 50.8 Å². The van der Waals surface area contributed by atoms with Crippen LogP contribution in [0.2, 0.25) is 0 Å². The van der Waals surface area contributed by atoms with E-state index in [4.69, 9.17) is 0 Å². The number of alkyl halides is 3. The van der Waals surface area contributed by atoms with Gasteiger partial charge in [-0.2, -0.15) is 18.2 Å². The Balaban J connectivity index is 1.51. The first-order chi connectivity index (χ1) is 15.2. The highest BCUT2D eigenvalue weighted by Crippen LogP contribution is 2.60. The summed E-state index contributed by atoms with van der Waals surface area (Å²) in [6.07, 6.45) is -0.777. The van der Waals surface area contributed by atoms with Crippen molar-refractivity contribution in [3.05, 3.63) is 47.9 Å². The van der Waals surface area contributed by atoms with Crippen molar-refractivity contribution in [2.45, 2.75) is 38.8 Å². The SMILES string of the molecule is Cc1nnc2nc(N(C)c3cncc(CCC4(C(F)(F)F)CC4)n3)c3cc(F)ccc3n12. The van der Waals surface area contributed by atoms with Gasteiger partial charge < -0.3 is 4.90 Å². The van der Waals surface area contributed by atoms with Gasteiger partial charge in [-0.3, -0.25) is 9.38 Å². The van der Waals surface area contributed by atoms with Gasteiger partial charge in [0.15, 0.2) is 5.82 Å². The molecule has 0 spiro atoms. The molecule has 166 valence electrons. The Kier molecular flexibility index (Phi) is 4.54. The second-order valence-electron chi connectivity index (χ2n) is 8.19. The Morgan fingerprint density at radius 2 is 1.91 bits per heavy atom. The molecule has 4 aromatic rings. The molecule has 5 rings (SSSR count). The molecule has 7 nitrogen and oxygen atoms in total. The Labute approximate surface area is 180 Å². The number of anilines is 2. The molecule has 0 atom stereocenters. The fourth-order valence-electron chi connectivity index (χ4n) is 3.98. The second-order valence-corrected chi connectivity index (χ2v) is 8.19. The smallest absolute Gasteiger partial charge is 0.312 e. The molecule has 0 saturated heterocycles. The number of hydrogen-bond donors (Lipinski definition) is 0. The summed E-state index contributed by atoms with van der Waals surface area (Å²) in [5, 5.41) is 8.63. The number of aromatic nitrogens is 6. The van der Waals surface area contributed by atoms with E-state index in [1.165, 1.54) is 24.5 Å². The molecule has 1 aromatic carbocycles. The highest BCUT2D eigenvalue weighted by molar-refractivity contribution is 5.93. The van der Waals surface area contributed by atoms with Crippen LogP contribution in [0.25, 0.3) is 16.7 Å². The van der Waals surface area contributed by atoms with Gasteiger partial charge in [-0.15, -0.1) is 10.2 Å². The first-order valence-corrected chi connectivity index (χ1v) is 10.1. The average Bonchev–Trinajstić information content (AvgIpc) is 3.48. The summed E-state index contributed by atoms with van der Waals surface area (Å²) in [7, 11) is 1.69. The van der Waals surface area contributed by atoms with E-state index in [0.717, 1.165) is 0 Å². The fraction of sp³-hybridized carbons (Fsp3) is 0.381. The van der Waals surface area contributed by atoms with Gasteiger partial charge in [0.1, 0.15) is 17.5 Å². The minimum absolute atomic E-state index is 0.0181. The van der Waals surface area contributed by atoms with E-state index in [2.05, 4.69) is 25.1 Å². The Bertz CT molecular complexity index is 1330. The minimum Gasteiger partial charge on any atom is -0.312 e. The zero-order valence-corrected chi connectivity index (χ0v) is 17.4. The fourth-order valence-corrected chi connectivity index (χ4v) is 3.98. The lowest BCUT2D eigenvalue weighted by Gasteiger charge is -2.21. The van der Waals surface area contributed by atoms with E-state index < -0.39 is 17.4 Å². The number of fused-ring (bicyclic) bond motifs is 3. The first-order valence-electron chi connectivity index (χ1n) is 10.1. The molecule has 11 heteroatoms.